The maximum absolute atomic E-state index is 11.9. The number of carbonyl (C=O) groups is 1. The Morgan fingerprint density at radius 1 is 1.78 bits per heavy atom. The monoisotopic (exact) mass is 265 g/mol. The molecule has 0 saturated carbocycles. The van der Waals surface area contributed by atoms with Gasteiger partial charge >= 0.3 is 0 Å². The van der Waals surface area contributed by atoms with Crippen molar-refractivity contribution in [2.45, 2.75) is 26.3 Å². The number of nitrogens with zero attached hydrogens (tertiary/aromatic N) is 5. The lowest BCUT2D eigenvalue weighted by atomic mass is 10.1. The van der Waals surface area contributed by atoms with Gasteiger partial charge in [-0.2, -0.15) is 0 Å². The maximum atomic E-state index is 11.9. The lowest BCUT2D eigenvalue weighted by Gasteiger charge is -2.23. The van der Waals surface area contributed by atoms with E-state index in [0.717, 1.165) is 10.7 Å². The van der Waals surface area contributed by atoms with E-state index in [-0.39, 0.29) is 17.9 Å². The fourth-order valence-electron chi connectivity index (χ4n) is 2.19. The summed E-state index contributed by atoms with van der Waals surface area (Å²) >= 11 is 1.59. The standard InChI is InChI=1S/C11H15N5OS/c1-7(10-6-18-8(2)14-10)16-5-9(3-11(16)17)4-13-15-12/h6-7,9H,3-5H2,1-2H3. The van der Waals surface area contributed by atoms with E-state index in [9.17, 15) is 4.79 Å². The van der Waals surface area contributed by atoms with E-state index in [1.165, 1.54) is 0 Å². The molecule has 2 unspecified atom stereocenters. The predicted octanol–water partition coefficient (Wildman–Crippen LogP) is 2.67. The molecule has 1 aromatic rings. The van der Waals surface area contributed by atoms with E-state index in [4.69, 9.17) is 5.53 Å². The molecule has 1 aliphatic heterocycles. The van der Waals surface area contributed by atoms with Crippen molar-refractivity contribution in [1.82, 2.24) is 9.88 Å². The zero-order chi connectivity index (χ0) is 13.1. The average Bonchev–Trinajstić information content (AvgIpc) is 2.92. The van der Waals surface area contributed by atoms with Crippen molar-refractivity contribution in [3.05, 3.63) is 26.5 Å². The van der Waals surface area contributed by atoms with Gasteiger partial charge in [-0.3, -0.25) is 4.79 Å². The average molecular weight is 265 g/mol. The third-order valence-electron chi connectivity index (χ3n) is 3.17. The van der Waals surface area contributed by atoms with Crippen molar-refractivity contribution in [3.63, 3.8) is 0 Å². The number of hydrogen-bond donors (Lipinski definition) is 0. The molecule has 2 atom stereocenters. The second kappa shape index (κ2) is 5.37. The van der Waals surface area contributed by atoms with Crippen molar-refractivity contribution in [2.24, 2.45) is 11.0 Å². The number of rotatable bonds is 4. The van der Waals surface area contributed by atoms with Gasteiger partial charge in [0, 0.05) is 29.8 Å². The van der Waals surface area contributed by atoms with Crippen LogP contribution in [0.3, 0.4) is 0 Å². The van der Waals surface area contributed by atoms with E-state index in [2.05, 4.69) is 15.0 Å². The molecule has 0 radical (unpaired) electrons. The van der Waals surface area contributed by atoms with Crippen LogP contribution in [-0.2, 0) is 4.79 Å². The molecule has 1 aromatic heterocycles. The molecule has 0 spiro atoms. The first kappa shape index (κ1) is 12.9. The van der Waals surface area contributed by atoms with Gasteiger partial charge in [-0.15, -0.1) is 11.3 Å². The topological polar surface area (TPSA) is 82.0 Å². The summed E-state index contributed by atoms with van der Waals surface area (Å²) in [6, 6.07) is -0.00137. The molecule has 96 valence electrons. The number of likely N-dealkylation sites (tertiary alicyclic amines) is 1. The molecule has 6 nitrogen and oxygen atoms in total. The summed E-state index contributed by atoms with van der Waals surface area (Å²) in [6.07, 6.45) is 0.465. The molecular weight excluding hydrogens is 250 g/mol. The molecule has 1 amide bonds. The van der Waals surface area contributed by atoms with E-state index in [0.29, 0.717) is 19.5 Å². The number of carbonyl (C=O) groups excluding carboxylic acids is 1. The van der Waals surface area contributed by atoms with Crippen molar-refractivity contribution < 1.29 is 4.79 Å². The number of hydrogen-bond acceptors (Lipinski definition) is 4. The van der Waals surface area contributed by atoms with Crippen molar-refractivity contribution in [2.75, 3.05) is 13.1 Å². The summed E-state index contributed by atoms with van der Waals surface area (Å²) in [4.78, 5) is 20.9. The molecule has 1 fully saturated rings. The minimum Gasteiger partial charge on any atom is -0.334 e. The van der Waals surface area contributed by atoms with Crippen molar-refractivity contribution in [3.8, 4) is 0 Å². The fraction of sp³-hybridized carbons (Fsp3) is 0.636. The van der Waals surface area contributed by atoms with Crippen LogP contribution in [0.1, 0.15) is 30.1 Å². The Hall–Kier alpha value is -1.59. The van der Waals surface area contributed by atoms with E-state index in [1.54, 1.807) is 11.3 Å². The van der Waals surface area contributed by atoms with Crippen molar-refractivity contribution in [1.29, 1.82) is 0 Å². The van der Waals surface area contributed by atoms with Gasteiger partial charge in [0.25, 0.3) is 0 Å². The first-order valence-corrected chi connectivity index (χ1v) is 6.72. The number of aryl methyl sites for hydroxylation is 1. The second-order valence-corrected chi connectivity index (χ2v) is 5.56. The molecule has 1 aliphatic rings. The summed E-state index contributed by atoms with van der Waals surface area (Å²) in [6.45, 7) is 4.98. The van der Waals surface area contributed by atoms with Crippen LogP contribution in [0.25, 0.3) is 10.4 Å². The summed E-state index contributed by atoms with van der Waals surface area (Å²) < 4.78 is 0. The normalized spacial score (nSPS) is 20.9. The van der Waals surface area contributed by atoms with Crippen LogP contribution in [0.5, 0.6) is 0 Å². The molecular formula is C11H15N5OS. The van der Waals surface area contributed by atoms with Crippen LogP contribution in [0.15, 0.2) is 10.5 Å². The fourth-order valence-corrected chi connectivity index (χ4v) is 2.89. The maximum Gasteiger partial charge on any atom is 0.223 e. The molecule has 0 bridgehead atoms. The highest BCUT2D eigenvalue weighted by molar-refractivity contribution is 7.09. The predicted molar refractivity (Wildman–Crippen MR) is 69.1 cm³/mol. The number of thiazole rings is 1. The Balaban J connectivity index is 2.05. The number of aromatic nitrogens is 1. The van der Waals surface area contributed by atoms with E-state index >= 15 is 0 Å². The van der Waals surface area contributed by atoms with Crippen LogP contribution in [0.4, 0.5) is 0 Å². The minimum absolute atomic E-state index is 0.00137. The van der Waals surface area contributed by atoms with Crippen LogP contribution < -0.4 is 0 Å². The van der Waals surface area contributed by atoms with Gasteiger partial charge in [0.05, 0.1) is 16.7 Å². The Morgan fingerprint density at radius 2 is 2.56 bits per heavy atom. The molecule has 0 N–H and O–H groups in total. The summed E-state index contributed by atoms with van der Waals surface area (Å²) in [5.74, 6) is 0.252. The van der Waals surface area contributed by atoms with Gasteiger partial charge in [-0.25, -0.2) is 4.98 Å². The Morgan fingerprint density at radius 3 is 3.17 bits per heavy atom. The molecule has 2 heterocycles. The number of azide groups is 1. The molecule has 1 saturated heterocycles. The van der Waals surface area contributed by atoms with Crippen LogP contribution in [-0.4, -0.2) is 28.9 Å². The van der Waals surface area contributed by atoms with Crippen molar-refractivity contribution >= 4 is 17.2 Å². The zero-order valence-electron chi connectivity index (χ0n) is 10.4. The highest BCUT2D eigenvalue weighted by atomic mass is 32.1. The van der Waals surface area contributed by atoms with Gasteiger partial charge in [0.1, 0.15) is 0 Å². The van der Waals surface area contributed by atoms with Gasteiger partial charge in [-0.05, 0) is 25.3 Å². The Bertz CT molecular complexity index is 493. The highest BCUT2D eigenvalue weighted by Crippen LogP contribution is 2.29. The number of amides is 1. The second-order valence-electron chi connectivity index (χ2n) is 4.50. The van der Waals surface area contributed by atoms with Crippen LogP contribution in [0.2, 0.25) is 0 Å². The summed E-state index contributed by atoms with van der Waals surface area (Å²) in [7, 11) is 0. The Kier molecular flexibility index (Phi) is 3.84. The molecule has 0 aromatic carbocycles. The van der Waals surface area contributed by atoms with E-state index in [1.807, 2.05) is 24.1 Å². The Labute approximate surface area is 109 Å². The summed E-state index contributed by atoms with van der Waals surface area (Å²) in [5, 5.41) is 6.55. The minimum atomic E-state index is -0.00137. The first-order valence-electron chi connectivity index (χ1n) is 5.84. The van der Waals surface area contributed by atoms with E-state index < -0.39 is 0 Å². The largest absolute Gasteiger partial charge is 0.334 e. The van der Waals surface area contributed by atoms with Crippen LogP contribution in [0, 0.1) is 12.8 Å². The lowest BCUT2D eigenvalue weighted by Crippen LogP contribution is -2.29. The van der Waals surface area contributed by atoms with Gasteiger partial charge in [0.2, 0.25) is 5.91 Å². The zero-order valence-corrected chi connectivity index (χ0v) is 11.2. The molecule has 7 heteroatoms. The van der Waals surface area contributed by atoms with Gasteiger partial charge < -0.3 is 4.90 Å². The lowest BCUT2D eigenvalue weighted by molar-refractivity contribution is -0.129. The molecule has 0 aliphatic carbocycles. The quantitative estimate of drug-likeness (QED) is 0.476. The highest BCUT2D eigenvalue weighted by Gasteiger charge is 2.33. The third kappa shape index (κ3) is 2.63. The smallest absolute Gasteiger partial charge is 0.223 e. The molecule has 2 rings (SSSR count). The molecule has 18 heavy (non-hydrogen) atoms. The van der Waals surface area contributed by atoms with Gasteiger partial charge in [-0.1, -0.05) is 5.11 Å². The van der Waals surface area contributed by atoms with Crippen LogP contribution >= 0.6 is 11.3 Å². The third-order valence-corrected chi connectivity index (χ3v) is 3.97. The van der Waals surface area contributed by atoms with Gasteiger partial charge in [0.15, 0.2) is 0 Å². The summed E-state index contributed by atoms with van der Waals surface area (Å²) in [5.41, 5.74) is 9.24. The first-order chi connectivity index (χ1) is 8.61. The SMILES string of the molecule is Cc1nc(C(C)N2CC(CN=[N+]=[N-])CC2=O)cs1.